The molecule has 2 nitrogen and oxygen atoms in total. The van der Waals surface area contributed by atoms with Crippen LogP contribution in [0.25, 0.3) is 23.3 Å². The van der Waals surface area contributed by atoms with Crippen molar-refractivity contribution < 1.29 is 9.47 Å². The molecule has 0 aromatic heterocycles. The molecule has 0 unspecified atom stereocenters. The van der Waals surface area contributed by atoms with E-state index in [9.17, 15) is 0 Å². The summed E-state index contributed by atoms with van der Waals surface area (Å²) >= 11 is 0. The maximum atomic E-state index is 5.38. The molecular weight excluding hydrogens is 248 g/mol. The molecule has 102 valence electrons. The van der Waals surface area contributed by atoms with Gasteiger partial charge in [-0.25, -0.2) is 0 Å². The van der Waals surface area contributed by atoms with Crippen LogP contribution in [0.15, 0.2) is 49.6 Å². The monoisotopic (exact) mass is 266 g/mol. The highest BCUT2D eigenvalue weighted by atomic mass is 16.5. The van der Waals surface area contributed by atoms with Gasteiger partial charge in [0.1, 0.15) is 11.5 Å². The maximum absolute atomic E-state index is 5.38. The highest BCUT2D eigenvalue weighted by molar-refractivity contribution is 5.72. The van der Waals surface area contributed by atoms with Gasteiger partial charge in [0.15, 0.2) is 0 Å². The lowest BCUT2D eigenvalue weighted by Crippen LogP contribution is -1.90. The van der Waals surface area contributed by atoms with Crippen molar-refractivity contribution in [2.24, 2.45) is 0 Å². The summed E-state index contributed by atoms with van der Waals surface area (Å²) in [6.45, 7) is 7.56. The fourth-order valence-electron chi connectivity index (χ4n) is 2.12. The second-order valence-electron chi connectivity index (χ2n) is 4.32. The molecule has 0 saturated carbocycles. The Morgan fingerprint density at radius 1 is 0.750 bits per heavy atom. The lowest BCUT2D eigenvalue weighted by atomic mass is 10.0. The number of methoxy groups -OCH3 is 2. The van der Waals surface area contributed by atoms with Crippen molar-refractivity contribution in [3.05, 3.63) is 60.7 Å². The predicted molar refractivity (Wildman–Crippen MR) is 85.2 cm³/mol. The van der Waals surface area contributed by atoms with E-state index in [0.717, 1.165) is 33.8 Å². The Hall–Kier alpha value is -2.48. The molecule has 2 heteroatoms. The van der Waals surface area contributed by atoms with Crippen molar-refractivity contribution in [2.45, 2.75) is 0 Å². The molecule has 2 aromatic rings. The van der Waals surface area contributed by atoms with Gasteiger partial charge in [-0.3, -0.25) is 0 Å². The molecule has 0 aliphatic heterocycles. The van der Waals surface area contributed by atoms with E-state index in [1.165, 1.54) is 0 Å². The van der Waals surface area contributed by atoms with E-state index in [2.05, 4.69) is 13.2 Å². The molecule has 0 aliphatic rings. The number of hydrogen-bond donors (Lipinski definition) is 0. The van der Waals surface area contributed by atoms with Crippen LogP contribution >= 0.6 is 0 Å². The third-order valence-corrected chi connectivity index (χ3v) is 3.24. The summed E-state index contributed by atoms with van der Waals surface area (Å²) in [6, 6.07) is 12.1. The van der Waals surface area contributed by atoms with Gasteiger partial charge in [0.25, 0.3) is 0 Å². The number of benzene rings is 2. The zero-order valence-electron chi connectivity index (χ0n) is 11.8. The first-order valence-electron chi connectivity index (χ1n) is 6.34. The van der Waals surface area contributed by atoms with Gasteiger partial charge in [-0.1, -0.05) is 49.6 Å². The average Bonchev–Trinajstić information content (AvgIpc) is 2.53. The van der Waals surface area contributed by atoms with Gasteiger partial charge in [-0.05, 0) is 23.3 Å². The van der Waals surface area contributed by atoms with Crippen molar-refractivity contribution in [1.29, 1.82) is 0 Å². The van der Waals surface area contributed by atoms with Crippen LogP contribution in [-0.4, -0.2) is 14.2 Å². The average molecular weight is 266 g/mol. The van der Waals surface area contributed by atoms with Crippen molar-refractivity contribution >= 4 is 12.2 Å². The minimum atomic E-state index is 0.810. The Bertz CT molecular complexity index is 584. The van der Waals surface area contributed by atoms with E-state index < -0.39 is 0 Å². The minimum absolute atomic E-state index is 0.810. The third-order valence-electron chi connectivity index (χ3n) is 3.24. The van der Waals surface area contributed by atoms with Gasteiger partial charge in [-0.15, -0.1) is 0 Å². The Morgan fingerprint density at radius 2 is 1.15 bits per heavy atom. The zero-order valence-corrected chi connectivity index (χ0v) is 11.8. The second-order valence-corrected chi connectivity index (χ2v) is 4.32. The molecule has 0 bridgehead atoms. The Kier molecular flexibility index (Phi) is 4.26. The quantitative estimate of drug-likeness (QED) is 0.783. The van der Waals surface area contributed by atoms with Crippen molar-refractivity contribution in [1.82, 2.24) is 0 Å². The molecular formula is C18H18O2. The highest BCUT2D eigenvalue weighted by Gasteiger charge is 2.06. The van der Waals surface area contributed by atoms with Crippen LogP contribution in [-0.2, 0) is 0 Å². The summed E-state index contributed by atoms with van der Waals surface area (Å²) in [5.74, 6) is 1.62. The molecule has 20 heavy (non-hydrogen) atoms. The van der Waals surface area contributed by atoms with Gasteiger partial charge in [-0.2, -0.15) is 0 Å². The standard InChI is InChI=1S/C18H18O2/c1-5-13-7-9-15(11-17(13)19-3)16-10-8-14(6-2)18(12-16)20-4/h5-12H,1-2H2,3-4H3. The number of ether oxygens (including phenoxy) is 2. The van der Waals surface area contributed by atoms with E-state index in [-0.39, 0.29) is 0 Å². The molecule has 2 aromatic carbocycles. The summed E-state index contributed by atoms with van der Waals surface area (Å²) < 4.78 is 10.8. The van der Waals surface area contributed by atoms with Crippen molar-refractivity contribution in [3.8, 4) is 22.6 Å². The van der Waals surface area contributed by atoms with Crippen LogP contribution in [0.3, 0.4) is 0 Å². The molecule has 0 radical (unpaired) electrons. The van der Waals surface area contributed by atoms with Crippen LogP contribution in [0.5, 0.6) is 11.5 Å². The topological polar surface area (TPSA) is 18.5 Å². The molecule has 0 atom stereocenters. The molecule has 0 fully saturated rings. The van der Waals surface area contributed by atoms with E-state index in [4.69, 9.17) is 9.47 Å². The molecule has 2 rings (SSSR count). The molecule has 0 spiro atoms. The first-order chi connectivity index (χ1) is 9.73. The summed E-state index contributed by atoms with van der Waals surface area (Å²) in [6.07, 6.45) is 3.56. The lowest BCUT2D eigenvalue weighted by Gasteiger charge is -2.11. The van der Waals surface area contributed by atoms with E-state index in [1.807, 2.05) is 36.4 Å². The van der Waals surface area contributed by atoms with Crippen LogP contribution in [0.2, 0.25) is 0 Å². The van der Waals surface area contributed by atoms with E-state index in [1.54, 1.807) is 26.4 Å². The minimum Gasteiger partial charge on any atom is -0.496 e. The van der Waals surface area contributed by atoms with Gasteiger partial charge in [0, 0.05) is 11.1 Å². The van der Waals surface area contributed by atoms with Crippen LogP contribution in [0, 0.1) is 0 Å². The molecule has 0 N–H and O–H groups in total. The Balaban J connectivity index is 2.51. The summed E-state index contributed by atoms with van der Waals surface area (Å²) in [5.41, 5.74) is 4.10. The van der Waals surface area contributed by atoms with Gasteiger partial charge in [0.05, 0.1) is 14.2 Å². The predicted octanol–water partition coefficient (Wildman–Crippen LogP) is 4.66. The van der Waals surface area contributed by atoms with Gasteiger partial charge < -0.3 is 9.47 Å². The summed E-state index contributed by atoms with van der Waals surface area (Å²) in [5, 5.41) is 0. The fraction of sp³-hybridized carbons (Fsp3) is 0.111. The van der Waals surface area contributed by atoms with Crippen molar-refractivity contribution in [3.63, 3.8) is 0 Å². The first kappa shape index (κ1) is 13.9. The summed E-state index contributed by atoms with van der Waals surface area (Å²) in [7, 11) is 3.32. The van der Waals surface area contributed by atoms with E-state index >= 15 is 0 Å². The number of rotatable bonds is 5. The number of hydrogen-bond acceptors (Lipinski definition) is 2. The van der Waals surface area contributed by atoms with Crippen LogP contribution < -0.4 is 9.47 Å². The smallest absolute Gasteiger partial charge is 0.126 e. The largest absolute Gasteiger partial charge is 0.496 e. The van der Waals surface area contributed by atoms with Gasteiger partial charge in [0.2, 0.25) is 0 Å². The maximum Gasteiger partial charge on any atom is 0.126 e. The van der Waals surface area contributed by atoms with Crippen molar-refractivity contribution in [2.75, 3.05) is 14.2 Å². The normalized spacial score (nSPS) is 9.90. The van der Waals surface area contributed by atoms with Crippen LogP contribution in [0.1, 0.15) is 11.1 Å². The van der Waals surface area contributed by atoms with Crippen LogP contribution in [0.4, 0.5) is 0 Å². The second kappa shape index (κ2) is 6.11. The molecule has 0 saturated heterocycles. The molecule has 0 amide bonds. The third kappa shape index (κ3) is 2.59. The zero-order chi connectivity index (χ0) is 14.5. The lowest BCUT2D eigenvalue weighted by molar-refractivity contribution is 0.413. The molecule has 0 heterocycles. The highest BCUT2D eigenvalue weighted by Crippen LogP contribution is 2.31. The summed E-state index contributed by atoms with van der Waals surface area (Å²) in [4.78, 5) is 0. The van der Waals surface area contributed by atoms with E-state index in [0.29, 0.717) is 0 Å². The Morgan fingerprint density at radius 3 is 1.45 bits per heavy atom. The van der Waals surface area contributed by atoms with Gasteiger partial charge >= 0.3 is 0 Å². The SMILES string of the molecule is C=Cc1ccc(-c2ccc(C=C)c(OC)c2)cc1OC. The first-order valence-corrected chi connectivity index (χ1v) is 6.34. The Labute approximate surface area is 120 Å². The fourth-order valence-corrected chi connectivity index (χ4v) is 2.12. The molecule has 0 aliphatic carbocycles.